The van der Waals surface area contributed by atoms with Gasteiger partial charge in [-0.25, -0.2) is 0 Å². The predicted octanol–water partition coefficient (Wildman–Crippen LogP) is 1.75. The van der Waals surface area contributed by atoms with Crippen molar-refractivity contribution in [3.05, 3.63) is 0 Å². The monoisotopic (exact) mass is 258 g/mol. The molecule has 0 N–H and O–H groups in total. The van der Waals surface area contributed by atoms with Gasteiger partial charge in [0.1, 0.15) is 6.61 Å². The molecule has 5 heteroatoms. The lowest BCUT2D eigenvalue weighted by atomic mass is 9.79. The van der Waals surface area contributed by atoms with Crippen LogP contribution < -0.4 is 0 Å². The maximum absolute atomic E-state index is 11.0. The van der Waals surface area contributed by atoms with E-state index in [0.29, 0.717) is 5.92 Å². The van der Waals surface area contributed by atoms with Gasteiger partial charge in [-0.15, -0.1) is 0 Å². The summed E-state index contributed by atoms with van der Waals surface area (Å²) in [4.78, 5) is 21.9. The third kappa shape index (κ3) is 3.70. The van der Waals surface area contributed by atoms with Crippen LogP contribution in [0.5, 0.6) is 0 Å². The molecule has 104 valence electrons. The first-order chi connectivity index (χ1) is 8.32. The van der Waals surface area contributed by atoms with Crippen LogP contribution in [0.15, 0.2) is 0 Å². The Hall–Kier alpha value is -1.10. The van der Waals surface area contributed by atoms with Gasteiger partial charge >= 0.3 is 11.9 Å². The minimum atomic E-state index is -0.561. The third-order valence-corrected chi connectivity index (χ3v) is 3.72. The van der Waals surface area contributed by atoms with Crippen LogP contribution in [0.3, 0.4) is 0 Å². The lowest BCUT2D eigenvalue weighted by molar-refractivity contribution is -0.248. The van der Waals surface area contributed by atoms with Gasteiger partial charge in [0.2, 0.25) is 6.29 Å². The van der Waals surface area contributed by atoms with Gasteiger partial charge in [0.05, 0.1) is 6.10 Å². The molecule has 0 spiro atoms. The summed E-state index contributed by atoms with van der Waals surface area (Å²) in [6.07, 6.45) is -0.793. The van der Waals surface area contributed by atoms with Crippen LogP contribution in [-0.2, 0) is 23.8 Å². The molecule has 1 rings (SSSR count). The quantitative estimate of drug-likeness (QED) is 0.722. The Labute approximate surface area is 108 Å². The molecule has 5 atom stereocenters. The van der Waals surface area contributed by atoms with E-state index in [9.17, 15) is 9.59 Å². The van der Waals surface area contributed by atoms with Crippen LogP contribution >= 0.6 is 0 Å². The number of carbonyl (C=O) groups is 2. The van der Waals surface area contributed by atoms with E-state index >= 15 is 0 Å². The molecule has 0 aromatic rings. The fourth-order valence-corrected chi connectivity index (χ4v) is 2.17. The van der Waals surface area contributed by atoms with Crippen molar-refractivity contribution in [3.8, 4) is 0 Å². The summed E-state index contributed by atoms with van der Waals surface area (Å²) in [6, 6.07) is 0. The molecule has 2 unspecified atom stereocenters. The fourth-order valence-electron chi connectivity index (χ4n) is 2.17. The first kappa shape index (κ1) is 15.0. The Bertz CT molecular complexity index is 313. The van der Waals surface area contributed by atoms with Crippen molar-refractivity contribution >= 4 is 11.9 Å². The third-order valence-electron chi connectivity index (χ3n) is 3.72. The Morgan fingerprint density at radius 2 is 1.61 bits per heavy atom. The van der Waals surface area contributed by atoms with E-state index in [1.165, 1.54) is 13.8 Å². The zero-order valence-corrected chi connectivity index (χ0v) is 11.6. The molecule has 5 nitrogen and oxygen atoms in total. The first-order valence-electron chi connectivity index (χ1n) is 6.29. The van der Waals surface area contributed by atoms with Crippen molar-refractivity contribution in [3.63, 3.8) is 0 Å². The summed E-state index contributed by atoms with van der Waals surface area (Å²) in [5.74, 6) is -0.00625. The number of esters is 2. The number of ether oxygens (including phenoxy) is 3. The molecule has 1 saturated heterocycles. The number of carbonyl (C=O) groups excluding carboxylic acids is 2. The van der Waals surface area contributed by atoms with Crippen LogP contribution in [0.25, 0.3) is 0 Å². The summed E-state index contributed by atoms with van der Waals surface area (Å²) in [5, 5.41) is 0. The van der Waals surface area contributed by atoms with Crippen LogP contribution in [0.2, 0.25) is 0 Å². The second-order valence-corrected chi connectivity index (χ2v) is 5.03. The van der Waals surface area contributed by atoms with Crippen molar-refractivity contribution in [2.24, 2.45) is 17.8 Å². The molecule has 0 aliphatic carbocycles. The van der Waals surface area contributed by atoms with Crippen LogP contribution in [0, 0.1) is 17.8 Å². The average molecular weight is 258 g/mol. The molecule has 1 heterocycles. The standard InChI is InChI=1S/C13H22O5/c1-7-8(2)12(6-16-10(4)14)18-13(9(7)3)17-11(5)15/h7-9,12-13H,6H2,1-5H3/t7?,8-,9-,12?,13-/m1/s1. The van der Waals surface area contributed by atoms with E-state index in [4.69, 9.17) is 14.2 Å². The number of rotatable bonds is 3. The largest absolute Gasteiger partial charge is 0.463 e. The highest BCUT2D eigenvalue weighted by atomic mass is 16.7. The lowest BCUT2D eigenvalue weighted by Gasteiger charge is -2.42. The van der Waals surface area contributed by atoms with Gasteiger partial charge in [-0.2, -0.15) is 0 Å². The zero-order valence-electron chi connectivity index (χ0n) is 11.6. The van der Waals surface area contributed by atoms with Crippen molar-refractivity contribution in [2.75, 3.05) is 6.61 Å². The molecule has 0 saturated carbocycles. The summed E-state index contributed by atoms with van der Waals surface area (Å²) in [5.41, 5.74) is 0. The summed E-state index contributed by atoms with van der Waals surface area (Å²) >= 11 is 0. The van der Waals surface area contributed by atoms with Crippen molar-refractivity contribution in [2.45, 2.75) is 47.0 Å². The Morgan fingerprint density at radius 3 is 2.11 bits per heavy atom. The molecule has 0 amide bonds. The van der Waals surface area contributed by atoms with Crippen molar-refractivity contribution < 1.29 is 23.8 Å². The molecule has 1 fully saturated rings. The Morgan fingerprint density at radius 1 is 1.00 bits per heavy atom. The zero-order chi connectivity index (χ0) is 13.9. The highest BCUT2D eigenvalue weighted by Gasteiger charge is 2.41. The first-order valence-corrected chi connectivity index (χ1v) is 6.29. The van der Waals surface area contributed by atoms with E-state index in [-0.39, 0.29) is 36.5 Å². The highest BCUT2D eigenvalue weighted by Crippen LogP contribution is 2.35. The molecular formula is C13H22O5. The lowest BCUT2D eigenvalue weighted by Crippen LogP contribution is -2.48. The second-order valence-electron chi connectivity index (χ2n) is 5.03. The van der Waals surface area contributed by atoms with Gasteiger partial charge in [-0.3, -0.25) is 9.59 Å². The van der Waals surface area contributed by atoms with Crippen LogP contribution in [0.1, 0.15) is 34.6 Å². The molecule has 1 aliphatic heterocycles. The second kappa shape index (κ2) is 6.18. The number of hydrogen-bond donors (Lipinski definition) is 0. The molecule has 0 bridgehead atoms. The SMILES string of the molecule is CC(=O)OCC1O[C@@H](OC(C)=O)[C@H](C)C(C)[C@H]1C. The van der Waals surface area contributed by atoms with E-state index in [0.717, 1.165) is 0 Å². The minimum Gasteiger partial charge on any atom is -0.463 e. The molecule has 0 aromatic heterocycles. The number of hydrogen-bond acceptors (Lipinski definition) is 5. The summed E-state index contributed by atoms with van der Waals surface area (Å²) in [6.45, 7) is 9.07. The molecular weight excluding hydrogens is 236 g/mol. The van der Waals surface area contributed by atoms with Gasteiger partial charge < -0.3 is 14.2 Å². The van der Waals surface area contributed by atoms with Crippen molar-refractivity contribution in [1.82, 2.24) is 0 Å². The summed E-state index contributed by atoms with van der Waals surface area (Å²) in [7, 11) is 0. The maximum Gasteiger partial charge on any atom is 0.304 e. The van der Waals surface area contributed by atoms with Crippen LogP contribution in [-0.4, -0.2) is 30.9 Å². The van der Waals surface area contributed by atoms with E-state index in [1.807, 2.05) is 6.92 Å². The van der Waals surface area contributed by atoms with E-state index in [1.54, 1.807) is 0 Å². The normalized spacial score (nSPS) is 35.9. The van der Waals surface area contributed by atoms with Gasteiger partial charge in [0.25, 0.3) is 0 Å². The van der Waals surface area contributed by atoms with Crippen LogP contribution in [0.4, 0.5) is 0 Å². The summed E-state index contributed by atoms with van der Waals surface area (Å²) < 4.78 is 15.9. The highest BCUT2D eigenvalue weighted by molar-refractivity contribution is 5.66. The Balaban J connectivity index is 2.67. The topological polar surface area (TPSA) is 61.8 Å². The average Bonchev–Trinajstić information content (AvgIpc) is 2.27. The predicted molar refractivity (Wildman–Crippen MR) is 64.6 cm³/mol. The molecule has 1 aliphatic rings. The van der Waals surface area contributed by atoms with Crippen molar-refractivity contribution in [1.29, 1.82) is 0 Å². The van der Waals surface area contributed by atoms with Gasteiger partial charge in [0.15, 0.2) is 0 Å². The maximum atomic E-state index is 11.0. The molecule has 0 radical (unpaired) electrons. The Kier molecular flexibility index (Phi) is 5.14. The van der Waals surface area contributed by atoms with Gasteiger partial charge in [0, 0.05) is 19.8 Å². The van der Waals surface area contributed by atoms with E-state index < -0.39 is 6.29 Å². The minimum absolute atomic E-state index is 0.123. The van der Waals surface area contributed by atoms with Gasteiger partial charge in [-0.1, -0.05) is 20.8 Å². The fraction of sp³-hybridized carbons (Fsp3) is 0.846. The smallest absolute Gasteiger partial charge is 0.304 e. The molecule has 0 aromatic carbocycles. The molecule has 18 heavy (non-hydrogen) atoms. The van der Waals surface area contributed by atoms with E-state index in [2.05, 4.69) is 13.8 Å². The van der Waals surface area contributed by atoms with Gasteiger partial charge in [-0.05, 0) is 11.8 Å².